The Morgan fingerprint density at radius 3 is 2.51 bits per heavy atom. The zero-order chi connectivity index (χ0) is 38.6. The summed E-state index contributed by atoms with van der Waals surface area (Å²) in [6, 6.07) is 9.41. The van der Waals surface area contributed by atoms with Gasteiger partial charge in [-0.25, -0.2) is 17.9 Å². The molecule has 2 aromatic carbocycles. The number of amides is 2. The number of carbonyl (C=O) groups excluding carboxylic acids is 2. The second-order valence-corrected chi connectivity index (χ2v) is 16.6. The summed E-state index contributed by atoms with van der Waals surface area (Å²) in [6.07, 6.45) is -1.31. The average molecular weight is 805 g/mol. The van der Waals surface area contributed by atoms with Crippen molar-refractivity contribution in [3.63, 3.8) is 0 Å². The molecule has 1 aliphatic carbocycles. The van der Waals surface area contributed by atoms with Crippen molar-refractivity contribution in [2.24, 2.45) is 0 Å². The Morgan fingerprint density at radius 2 is 1.81 bits per heavy atom. The highest BCUT2D eigenvalue weighted by Gasteiger charge is 2.42. The van der Waals surface area contributed by atoms with Gasteiger partial charge in [0.2, 0.25) is 10.0 Å². The maximum Gasteiger partial charge on any atom is 0.471 e. The average Bonchev–Trinajstić information content (AvgIpc) is 3.67. The van der Waals surface area contributed by atoms with Gasteiger partial charge in [-0.1, -0.05) is 28.4 Å². The summed E-state index contributed by atoms with van der Waals surface area (Å²) >= 11 is 13.1. The van der Waals surface area contributed by atoms with Gasteiger partial charge in [0.1, 0.15) is 23.1 Å². The van der Waals surface area contributed by atoms with Gasteiger partial charge in [0, 0.05) is 41.3 Å². The van der Waals surface area contributed by atoms with Crippen LogP contribution in [0.3, 0.4) is 0 Å². The standard InChI is InChI=1S/C34H42Cl2F3N7O6S/c1-33(2,3)52-32(48)42-22-7-6-13-45(19-22)29-17-26-27(15-21(35)16-28(26)36)30(29)51-24-8-10-25(11-9-24)53(49,50)41-12-4-5-14-46-20-23(43-44-46)18-40-31(47)34(37,38)39/h8-11,15-16,20,22,29-30,41H,4-7,12-14,17-19H2,1-3H3,(H,40,47)(H,42,48)/t22-,29+,30+/m1/s1. The van der Waals surface area contributed by atoms with E-state index in [0.717, 1.165) is 30.5 Å². The van der Waals surface area contributed by atoms with Gasteiger partial charge >= 0.3 is 18.2 Å². The van der Waals surface area contributed by atoms with Crippen LogP contribution in [0.25, 0.3) is 0 Å². The van der Waals surface area contributed by atoms with Crippen LogP contribution >= 0.6 is 23.2 Å². The van der Waals surface area contributed by atoms with Crippen molar-refractivity contribution in [2.45, 2.75) is 101 Å². The first-order valence-corrected chi connectivity index (χ1v) is 19.3. The summed E-state index contributed by atoms with van der Waals surface area (Å²) in [5.74, 6) is -1.61. The zero-order valence-corrected chi connectivity index (χ0v) is 31.7. The molecule has 0 spiro atoms. The smallest absolute Gasteiger partial charge is 0.471 e. The number of benzene rings is 2. The molecule has 2 heterocycles. The van der Waals surface area contributed by atoms with Crippen molar-refractivity contribution in [3.8, 4) is 5.75 Å². The monoisotopic (exact) mass is 803 g/mol. The number of carbonyl (C=O) groups is 2. The maximum absolute atomic E-state index is 13.0. The fourth-order valence-electron chi connectivity index (χ4n) is 6.31. The van der Waals surface area contributed by atoms with Gasteiger partial charge in [0.05, 0.1) is 23.7 Å². The fourth-order valence-corrected chi connectivity index (χ4v) is 7.97. The van der Waals surface area contributed by atoms with E-state index in [1.165, 1.54) is 23.0 Å². The first kappa shape index (κ1) is 40.5. The Hall–Kier alpha value is -3.64. The second-order valence-electron chi connectivity index (χ2n) is 14.0. The number of fused-ring (bicyclic) bond motifs is 1. The molecule has 290 valence electrons. The molecule has 0 unspecified atom stereocenters. The summed E-state index contributed by atoms with van der Waals surface area (Å²) in [7, 11) is -3.85. The van der Waals surface area contributed by atoms with Crippen LogP contribution in [0.1, 0.15) is 69.4 Å². The predicted octanol–water partition coefficient (Wildman–Crippen LogP) is 5.56. The molecule has 53 heavy (non-hydrogen) atoms. The van der Waals surface area contributed by atoms with Crippen molar-refractivity contribution < 1.29 is 40.7 Å². The minimum Gasteiger partial charge on any atom is -0.484 e. The first-order valence-electron chi connectivity index (χ1n) is 17.1. The normalized spacial score (nSPS) is 19.4. The molecule has 1 fully saturated rings. The van der Waals surface area contributed by atoms with E-state index in [1.807, 2.05) is 26.8 Å². The van der Waals surface area contributed by atoms with Crippen LogP contribution in [0.2, 0.25) is 10.0 Å². The number of hydrogen-bond acceptors (Lipinski definition) is 9. The molecule has 3 atom stereocenters. The van der Waals surface area contributed by atoms with Gasteiger partial charge in [0.15, 0.2) is 0 Å². The van der Waals surface area contributed by atoms with Crippen molar-refractivity contribution in [1.29, 1.82) is 0 Å². The van der Waals surface area contributed by atoms with E-state index >= 15 is 0 Å². The van der Waals surface area contributed by atoms with E-state index in [0.29, 0.717) is 48.1 Å². The van der Waals surface area contributed by atoms with Crippen molar-refractivity contribution >= 4 is 45.2 Å². The number of unbranched alkanes of at least 4 members (excludes halogenated alkanes) is 1. The number of sulfonamides is 1. The van der Waals surface area contributed by atoms with Crippen LogP contribution in [0.5, 0.6) is 5.75 Å². The molecule has 0 saturated carbocycles. The number of ether oxygens (including phenoxy) is 2. The quantitative estimate of drug-likeness (QED) is 0.189. The van der Waals surface area contributed by atoms with Crippen LogP contribution in [-0.2, 0) is 39.1 Å². The van der Waals surface area contributed by atoms with Crippen molar-refractivity contribution in [2.75, 3.05) is 19.6 Å². The third-order valence-electron chi connectivity index (χ3n) is 8.68. The highest BCUT2D eigenvalue weighted by molar-refractivity contribution is 7.89. The number of halogens is 5. The van der Waals surface area contributed by atoms with Crippen LogP contribution in [0, 0.1) is 0 Å². The lowest BCUT2D eigenvalue weighted by atomic mass is 10.0. The van der Waals surface area contributed by atoms with E-state index in [4.69, 9.17) is 32.7 Å². The Labute approximate surface area is 315 Å². The summed E-state index contributed by atoms with van der Waals surface area (Å²) in [5.41, 5.74) is 1.32. The summed E-state index contributed by atoms with van der Waals surface area (Å²) in [4.78, 5) is 25.8. The van der Waals surface area contributed by atoms with E-state index in [-0.39, 0.29) is 29.2 Å². The maximum atomic E-state index is 13.0. The largest absolute Gasteiger partial charge is 0.484 e. The lowest BCUT2D eigenvalue weighted by Gasteiger charge is -2.39. The third kappa shape index (κ3) is 11.2. The lowest BCUT2D eigenvalue weighted by molar-refractivity contribution is -0.173. The van der Waals surface area contributed by atoms with E-state index < -0.39 is 46.4 Å². The van der Waals surface area contributed by atoms with Crippen LogP contribution in [0.15, 0.2) is 47.5 Å². The third-order valence-corrected chi connectivity index (χ3v) is 10.7. The van der Waals surface area contributed by atoms with Crippen LogP contribution < -0.4 is 20.1 Å². The van der Waals surface area contributed by atoms with Gasteiger partial charge in [0.25, 0.3) is 0 Å². The summed E-state index contributed by atoms with van der Waals surface area (Å²) < 4.78 is 79.1. The predicted molar refractivity (Wildman–Crippen MR) is 190 cm³/mol. The molecule has 5 rings (SSSR count). The Bertz CT molecular complexity index is 1870. The molecule has 3 N–H and O–H groups in total. The number of hydrogen-bond donors (Lipinski definition) is 3. The minimum atomic E-state index is -4.99. The second kappa shape index (κ2) is 16.8. The molecule has 2 amide bonds. The molecule has 0 bridgehead atoms. The molecular weight excluding hydrogens is 762 g/mol. The number of alkyl carbamates (subject to hydrolysis) is 1. The van der Waals surface area contributed by atoms with Crippen LogP contribution in [0.4, 0.5) is 18.0 Å². The lowest BCUT2D eigenvalue weighted by Crippen LogP contribution is -2.53. The van der Waals surface area contributed by atoms with Crippen molar-refractivity contribution in [3.05, 3.63) is 69.5 Å². The molecule has 13 nitrogen and oxygen atoms in total. The van der Waals surface area contributed by atoms with E-state index in [1.54, 1.807) is 23.5 Å². The van der Waals surface area contributed by atoms with E-state index in [2.05, 4.69) is 25.3 Å². The highest BCUT2D eigenvalue weighted by atomic mass is 35.5. The highest BCUT2D eigenvalue weighted by Crippen LogP contribution is 2.43. The Kier molecular flexibility index (Phi) is 12.8. The minimum absolute atomic E-state index is 0.0493. The molecular formula is C34H42Cl2F3N7O6S. The number of aryl methyl sites for hydroxylation is 1. The number of aromatic nitrogens is 3. The number of likely N-dealkylation sites (tertiary alicyclic amines) is 1. The first-order chi connectivity index (χ1) is 24.9. The van der Waals surface area contributed by atoms with E-state index in [9.17, 15) is 31.2 Å². The van der Waals surface area contributed by atoms with Gasteiger partial charge < -0.3 is 20.1 Å². The molecule has 19 heteroatoms. The number of rotatable bonds is 13. The van der Waals surface area contributed by atoms with Gasteiger partial charge in [-0.05, 0) is 101 Å². The number of alkyl halides is 3. The van der Waals surface area contributed by atoms with Crippen molar-refractivity contribution in [1.82, 2.24) is 35.2 Å². The molecule has 0 radical (unpaired) electrons. The molecule has 3 aromatic rings. The number of nitrogens with zero attached hydrogens (tertiary/aromatic N) is 4. The molecule has 1 saturated heterocycles. The Morgan fingerprint density at radius 1 is 1.08 bits per heavy atom. The topological polar surface area (TPSA) is 157 Å². The van der Waals surface area contributed by atoms with Gasteiger partial charge in [-0.15, -0.1) is 5.10 Å². The molecule has 1 aromatic heterocycles. The summed E-state index contributed by atoms with van der Waals surface area (Å²) in [5, 5.41) is 13.3. The number of nitrogens with one attached hydrogen (secondary N) is 3. The van der Waals surface area contributed by atoms with Gasteiger partial charge in [-0.2, -0.15) is 13.2 Å². The molecule has 2 aliphatic rings. The van der Waals surface area contributed by atoms with Crippen LogP contribution in [-0.4, -0.2) is 83.8 Å². The fraction of sp³-hybridized carbons (Fsp3) is 0.529. The zero-order valence-electron chi connectivity index (χ0n) is 29.4. The van der Waals surface area contributed by atoms with Gasteiger partial charge in [-0.3, -0.25) is 14.4 Å². The Balaban J connectivity index is 1.16. The summed E-state index contributed by atoms with van der Waals surface area (Å²) in [6.45, 7) is 6.86. The molecule has 1 aliphatic heterocycles. The SMILES string of the molecule is CC(C)(C)OC(=O)N[C@@H]1CCCN([C@H]2Cc3c(Cl)cc(Cl)cc3[C@@H]2Oc2ccc(S(=O)(=O)NCCCCn3cc(CNC(=O)C(F)(F)F)nn3)cc2)C1. The number of piperidine rings is 1.